The third-order valence-corrected chi connectivity index (χ3v) is 2.83. The minimum absolute atomic E-state index is 0.0915. The molecule has 0 amide bonds. The van der Waals surface area contributed by atoms with Crippen molar-refractivity contribution >= 4 is 11.9 Å². The molecule has 4 nitrogen and oxygen atoms in total. The molecule has 0 spiro atoms. The van der Waals surface area contributed by atoms with Crippen molar-refractivity contribution in [1.29, 1.82) is 0 Å². The molecule has 0 aromatic heterocycles. The van der Waals surface area contributed by atoms with Gasteiger partial charge in [-0.15, -0.1) is 0 Å². The van der Waals surface area contributed by atoms with Crippen molar-refractivity contribution in [2.75, 3.05) is 6.61 Å². The highest BCUT2D eigenvalue weighted by atomic mass is 16.5. The number of carbonyl (C=O) groups excluding carboxylic acids is 1. The number of aliphatic carboxylic acids is 1. The normalized spacial score (nSPS) is 10.3. The van der Waals surface area contributed by atoms with Crippen molar-refractivity contribution in [2.45, 2.75) is 71.1 Å². The zero-order chi connectivity index (χ0) is 13.6. The Morgan fingerprint density at radius 3 is 1.72 bits per heavy atom. The molecule has 0 fully saturated rings. The van der Waals surface area contributed by atoms with Crippen LogP contribution in [0.1, 0.15) is 71.1 Å². The van der Waals surface area contributed by atoms with E-state index in [1.54, 1.807) is 0 Å². The first kappa shape index (κ1) is 16.9. The predicted molar refractivity (Wildman–Crippen MR) is 70.4 cm³/mol. The molecule has 0 aliphatic heterocycles. The maximum absolute atomic E-state index is 11.0. The number of esters is 1. The average molecular weight is 258 g/mol. The molecule has 0 unspecified atom stereocenters. The highest BCUT2D eigenvalue weighted by Crippen LogP contribution is 2.10. The van der Waals surface area contributed by atoms with Gasteiger partial charge in [0.2, 0.25) is 0 Å². The van der Waals surface area contributed by atoms with Crippen LogP contribution in [0.25, 0.3) is 0 Å². The van der Waals surface area contributed by atoms with E-state index in [0.29, 0.717) is 19.4 Å². The molecule has 1 N–H and O–H groups in total. The highest BCUT2D eigenvalue weighted by molar-refractivity contribution is 5.69. The summed E-state index contributed by atoms with van der Waals surface area (Å²) in [6.45, 7) is 2.29. The maximum Gasteiger partial charge on any atom is 0.305 e. The van der Waals surface area contributed by atoms with Crippen molar-refractivity contribution in [3.05, 3.63) is 0 Å². The predicted octanol–water partition coefficient (Wildman–Crippen LogP) is 3.54. The van der Waals surface area contributed by atoms with Crippen molar-refractivity contribution in [3.63, 3.8) is 0 Å². The zero-order valence-electron chi connectivity index (χ0n) is 11.5. The van der Waals surface area contributed by atoms with Crippen LogP contribution in [-0.2, 0) is 14.3 Å². The van der Waals surface area contributed by atoms with Gasteiger partial charge in [-0.3, -0.25) is 9.59 Å². The summed E-state index contributed by atoms with van der Waals surface area (Å²) in [7, 11) is 0. The van der Waals surface area contributed by atoms with E-state index in [2.05, 4.69) is 0 Å². The van der Waals surface area contributed by atoms with Crippen molar-refractivity contribution in [3.8, 4) is 0 Å². The van der Waals surface area contributed by atoms with Gasteiger partial charge in [-0.2, -0.15) is 0 Å². The third kappa shape index (κ3) is 13.0. The number of carbonyl (C=O) groups is 2. The van der Waals surface area contributed by atoms with E-state index < -0.39 is 5.97 Å². The molecule has 0 aromatic rings. The van der Waals surface area contributed by atoms with Gasteiger partial charge in [-0.05, 0) is 19.8 Å². The second-order valence-corrected chi connectivity index (χ2v) is 4.53. The Bertz CT molecular complexity index is 226. The summed E-state index contributed by atoms with van der Waals surface area (Å²) in [6.07, 6.45) is 9.23. The molecule has 0 heterocycles. The van der Waals surface area contributed by atoms with Gasteiger partial charge in [0.15, 0.2) is 0 Å². The van der Waals surface area contributed by atoms with Crippen LogP contribution in [0.5, 0.6) is 0 Å². The fraction of sp³-hybridized carbons (Fsp3) is 0.857. The van der Waals surface area contributed by atoms with E-state index in [1.165, 1.54) is 12.8 Å². The molecule has 0 aromatic carbocycles. The van der Waals surface area contributed by atoms with Crippen LogP contribution in [0.2, 0.25) is 0 Å². The van der Waals surface area contributed by atoms with Gasteiger partial charge >= 0.3 is 11.9 Å². The van der Waals surface area contributed by atoms with Gasteiger partial charge in [-0.25, -0.2) is 0 Å². The lowest BCUT2D eigenvalue weighted by Gasteiger charge is -2.02. The summed E-state index contributed by atoms with van der Waals surface area (Å²) in [5.74, 6) is -0.792. The Kier molecular flexibility index (Phi) is 11.7. The van der Waals surface area contributed by atoms with Crippen LogP contribution >= 0.6 is 0 Å². The molecule has 0 saturated heterocycles. The molecule has 106 valence electrons. The molecule has 4 heteroatoms. The second kappa shape index (κ2) is 12.4. The average Bonchev–Trinajstić information content (AvgIpc) is 2.31. The summed E-state index contributed by atoms with van der Waals surface area (Å²) >= 11 is 0. The quantitative estimate of drug-likeness (QED) is 0.429. The Hall–Kier alpha value is -1.06. The Morgan fingerprint density at radius 1 is 0.833 bits per heavy atom. The van der Waals surface area contributed by atoms with Crippen molar-refractivity contribution in [1.82, 2.24) is 0 Å². The van der Waals surface area contributed by atoms with Crippen molar-refractivity contribution in [2.24, 2.45) is 0 Å². The topological polar surface area (TPSA) is 63.6 Å². The Labute approximate surface area is 110 Å². The number of ether oxygens (including phenoxy) is 1. The minimum atomic E-state index is -0.700. The fourth-order valence-electron chi connectivity index (χ4n) is 1.84. The SMILES string of the molecule is CCOC(=O)CCCCCCCCCCC(=O)O. The van der Waals surface area contributed by atoms with Gasteiger partial charge in [0, 0.05) is 12.8 Å². The minimum Gasteiger partial charge on any atom is -0.481 e. The van der Waals surface area contributed by atoms with Crippen LogP contribution in [0.15, 0.2) is 0 Å². The third-order valence-electron chi connectivity index (χ3n) is 2.83. The number of hydrogen-bond acceptors (Lipinski definition) is 3. The lowest BCUT2D eigenvalue weighted by Crippen LogP contribution is -2.03. The zero-order valence-corrected chi connectivity index (χ0v) is 11.5. The van der Waals surface area contributed by atoms with Gasteiger partial charge < -0.3 is 9.84 Å². The smallest absolute Gasteiger partial charge is 0.305 e. The molecular formula is C14H26O4. The molecule has 0 rings (SSSR count). The van der Waals surface area contributed by atoms with E-state index in [1.807, 2.05) is 6.92 Å². The van der Waals surface area contributed by atoms with Gasteiger partial charge in [0.1, 0.15) is 0 Å². The van der Waals surface area contributed by atoms with Crippen LogP contribution in [0.4, 0.5) is 0 Å². The van der Waals surface area contributed by atoms with Crippen LogP contribution in [0, 0.1) is 0 Å². The van der Waals surface area contributed by atoms with Crippen LogP contribution in [0.3, 0.4) is 0 Å². The first-order valence-corrected chi connectivity index (χ1v) is 7.04. The van der Waals surface area contributed by atoms with Crippen LogP contribution in [-0.4, -0.2) is 23.7 Å². The van der Waals surface area contributed by atoms with E-state index >= 15 is 0 Å². The first-order chi connectivity index (χ1) is 8.66. The maximum atomic E-state index is 11.0. The lowest BCUT2D eigenvalue weighted by atomic mass is 10.1. The molecule has 0 atom stereocenters. The molecule has 0 saturated carbocycles. The monoisotopic (exact) mass is 258 g/mol. The lowest BCUT2D eigenvalue weighted by molar-refractivity contribution is -0.143. The molecule has 0 aliphatic rings. The summed E-state index contributed by atoms with van der Waals surface area (Å²) in [4.78, 5) is 21.3. The van der Waals surface area contributed by atoms with E-state index in [0.717, 1.165) is 38.5 Å². The number of unbranched alkanes of at least 4 members (excludes halogenated alkanes) is 7. The van der Waals surface area contributed by atoms with Gasteiger partial charge in [0.05, 0.1) is 6.61 Å². The number of carboxylic acids is 1. The van der Waals surface area contributed by atoms with Crippen molar-refractivity contribution < 1.29 is 19.4 Å². The standard InChI is InChI=1S/C14H26O4/c1-2-18-14(17)12-10-8-6-4-3-5-7-9-11-13(15)16/h2-12H2,1H3,(H,15,16). The van der Waals surface area contributed by atoms with Gasteiger partial charge in [-0.1, -0.05) is 38.5 Å². The molecular weight excluding hydrogens is 232 g/mol. The summed E-state index contributed by atoms with van der Waals surface area (Å²) in [6, 6.07) is 0. The Morgan fingerprint density at radius 2 is 1.28 bits per heavy atom. The van der Waals surface area contributed by atoms with E-state index in [9.17, 15) is 9.59 Å². The van der Waals surface area contributed by atoms with Gasteiger partial charge in [0.25, 0.3) is 0 Å². The largest absolute Gasteiger partial charge is 0.481 e. The first-order valence-electron chi connectivity index (χ1n) is 7.04. The number of carboxylic acid groups (broad SMARTS) is 1. The number of rotatable bonds is 12. The summed E-state index contributed by atoms with van der Waals surface area (Å²) < 4.78 is 4.85. The number of hydrogen-bond donors (Lipinski definition) is 1. The Balaban J connectivity index is 3.07. The molecule has 18 heavy (non-hydrogen) atoms. The molecule has 0 radical (unpaired) electrons. The summed E-state index contributed by atoms with van der Waals surface area (Å²) in [5, 5.41) is 8.46. The van der Waals surface area contributed by atoms with E-state index in [4.69, 9.17) is 9.84 Å². The highest BCUT2D eigenvalue weighted by Gasteiger charge is 2.00. The van der Waals surface area contributed by atoms with Crippen LogP contribution < -0.4 is 0 Å². The molecule has 0 aliphatic carbocycles. The summed E-state index contributed by atoms with van der Waals surface area (Å²) in [5.41, 5.74) is 0. The molecule has 0 bridgehead atoms. The second-order valence-electron chi connectivity index (χ2n) is 4.53. The fourth-order valence-corrected chi connectivity index (χ4v) is 1.84. The van der Waals surface area contributed by atoms with E-state index in [-0.39, 0.29) is 5.97 Å².